The van der Waals surface area contributed by atoms with E-state index in [1.54, 1.807) is 0 Å². The van der Waals surface area contributed by atoms with Gasteiger partial charge in [-0.05, 0) is 31.6 Å². The molecule has 0 bridgehead atoms. The molecule has 0 radical (unpaired) electrons. The highest BCUT2D eigenvalue weighted by atomic mass is 16.5. The lowest BCUT2D eigenvalue weighted by molar-refractivity contribution is -0.156. The number of carbonyl (C=O) groups is 3. The molecule has 0 aliphatic heterocycles. The predicted octanol–water partition coefficient (Wildman–Crippen LogP) is 6.40. The van der Waals surface area contributed by atoms with E-state index in [9.17, 15) is 24.6 Å². The monoisotopic (exact) mass is 513 g/mol. The zero-order valence-electron chi connectivity index (χ0n) is 23.5. The number of aliphatic hydroxyl groups is 1. The molecule has 1 amide bonds. The van der Waals surface area contributed by atoms with Crippen LogP contribution in [0.4, 0.5) is 0 Å². The average molecular weight is 514 g/mol. The normalized spacial score (nSPS) is 14.7. The summed E-state index contributed by atoms with van der Waals surface area (Å²) in [6.45, 7) is 8.24. The third-order valence-electron chi connectivity index (χ3n) is 6.83. The second-order valence-corrected chi connectivity index (χ2v) is 10.7. The van der Waals surface area contributed by atoms with Gasteiger partial charge in [-0.25, -0.2) is 4.79 Å². The highest BCUT2D eigenvalue weighted by Crippen LogP contribution is 2.23. The van der Waals surface area contributed by atoms with Crippen molar-refractivity contribution in [3.05, 3.63) is 0 Å². The number of carboxylic acid groups (broad SMARTS) is 1. The van der Waals surface area contributed by atoms with E-state index in [2.05, 4.69) is 19.2 Å². The van der Waals surface area contributed by atoms with Crippen molar-refractivity contribution in [3.63, 3.8) is 0 Å². The Kier molecular flexibility index (Phi) is 21.5. The Morgan fingerprint density at radius 2 is 1.31 bits per heavy atom. The van der Waals surface area contributed by atoms with Crippen LogP contribution in [-0.2, 0) is 19.1 Å². The second kappa shape index (κ2) is 22.6. The zero-order chi connectivity index (χ0) is 27.2. The molecule has 4 atom stereocenters. The number of esters is 1. The molecule has 7 nitrogen and oxygen atoms in total. The van der Waals surface area contributed by atoms with Crippen LogP contribution in [0.3, 0.4) is 0 Å². The molecule has 0 aromatic rings. The van der Waals surface area contributed by atoms with Crippen LogP contribution in [0.25, 0.3) is 0 Å². The summed E-state index contributed by atoms with van der Waals surface area (Å²) in [5.74, 6) is -2.20. The molecular formula is C29H55NO6. The number of aliphatic carboxylic acids is 1. The minimum absolute atomic E-state index is 0.100. The molecule has 212 valence electrons. The third-order valence-corrected chi connectivity index (χ3v) is 6.83. The molecule has 0 heterocycles. The van der Waals surface area contributed by atoms with Gasteiger partial charge < -0.3 is 20.3 Å². The molecule has 3 unspecified atom stereocenters. The van der Waals surface area contributed by atoms with E-state index in [0.717, 1.165) is 44.9 Å². The summed E-state index contributed by atoms with van der Waals surface area (Å²) in [5, 5.41) is 23.0. The number of aliphatic hydroxyl groups excluding tert-OH is 1. The van der Waals surface area contributed by atoms with Crippen LogP contribution >= 0.6 is 0 Å². The number of hydrogen-bond acceptors (Lipinski definition) is 5. The maximum Gasteiger partial charge on any atom is 0.328 e. The predicted molar refractivity (Wildman–Crippen MR) is 145 cm³/mol. The fraction of sp³-hybridized carbons (Fsp3) is 0.897. The Morgan fingerprint density at radius 1 is 0.806 bits per heavy atom. The first-order valence-electron chi connectivity index (χ1n) is 14.6. The molecule has 36 heavy (non-hydrogen) atoms. The fourth-order valence-electron chi connectivity index (χ4n) is 4.64. The summed E-state index contributed by atoms with van der Waals surface area (Å²) < 4.78 is 5.77. The van der Waals surface area contributed by atoms with Gasteiger partial charge in [0, 0.05) is 6.42 Å². The fourth-order valence-corrected chi connectivity index (χ4v) is 4.64. The molecule has 7 heteroatoms. The molecule has 0 saturated carbocycles. The van der Waals surface area contributed by atoms with Crippen molar-refractivity contribution in [1.29, 1.82) is 0 Å². The molecule has 0 aromatic heterocycles. The first-order valence-corrected chi connectivity index (χ1v) is 14.6. The number of unbranched alkanes of at least 4 members (excludes halogenated alkanes) is 11. The maximum absolute atomic E-state index is 12.8. The van der Waals surface area contributed by atoms with Gasteiger partial charge in [0.2, 0.25) is 6.41 Å². The Balaban J connectivity index is 4.99. The topological polar surface area (TPSA) is 113 Å². The van der Waals surface area contributed by atoms with Gasteiger partial charge in [0.1, 0.15) is 12.1 Å². The van der Waals surface area contributed by atoms with Crippen molar-refractivity contribution in [1.82, 2.24) is 5.32 Å². The molecule has 0 spiro atoms. The van der Waals surface area contributed by atoms with E-state index < -0.39 is 36.1 Å². The van der Waals surface area contributed by atoms with E-state index in [1.807, 2.05) is 13.8 Å². The Morgan fingerprint density at radius 3 is 1.81 bits per heavy atom. The number of amides is 1. The Labute approximate surface area is 220 Å². The van der Waals surface area contributed by atoms with Crippen LogP contribution < -0.4 is 5.32 Å². The van der Waals surface area contributed by atoms with Gasteiger partial charge in [-0.15, -0.1) is 0 Å². The molecule has 0 aromatic carbocycles. The molecule has 0 rings (SSSR count). The standard InChI is InChI=1S/C29H55NO6/c1-5-7-9-11-12-13-14-15-16-18-24(36-29(35)26(30-22-31)20-23(3)4)21-27(32)25(28(33)34)19-17-10-8-6-2/h22-27,32H,5-21H2,1-4H3,(H,30,31)(H,33,34)/t24?,25?,26-,27?/m1/s1. The maximum atomic E-state index is 12.8. The molecular weight excluding hydrogens is 458 g/mol. The lowest BCUT2D eigenvalue weighted by Crippen LogP contribution is -2.41. The van der Waals surface area contributed by atoms with E-state index in [-0.39, 0.29) is 12.3 Å². The van der Waals surface area contributed by atoms with Crippen LogP contribution in [0.1, 0.15) is 137 Å². The summed E-state index contributed by atoms with van der Waals surface area (Å²) in [7, 11) is 0. The molecule has 0 aliphatic rings. The average Bonchev–Trinajstić information content (AvgIpc) is 2.81. The highest BCUT2D eigenvalue weighted by molar-refractivity contribution is 5.78. The highest BCUT2D eigenvalue weighted by Gasteiger charge is 2.31. The van der Waals surface area contributed by atoms with E-state index in [0.29, 0.717) is 25.7 Å². The number of nitrogens with one attached hydrogen (secondary N) is 1. The first kappa shape index (κ1) is 34.4. The van der Waals surface area contributed by atoms with Crippen LogP contribution in [-0.4, -0.2) is 46.8 Å². The van der Waals surface area contributed by atoms with E-state index in [1.165, 1.54) is 38.5 Å². The Hall–Kier alpha value is -1.63. The van der Waals surface area contributed by atoms with Gasteiger partial charge in [0.05, 0.1) is 12.0 Å². The van der Waals surface area contributed by atoms with Crippen molar-refractivity contribution in [2.75, 3.05) is 0 Å². The van der Waals surface area contributed by atoms with Crippen LogP contribution in [0, 0.1) is 11.8 Å². The first-order chi connectivity index (χ1) is 17.3. The SMILES string of the molecule is CCCCCCCCCCCC(CC(O)C(CCCCCC)C(=O)O)OC(=O)[C@@H](CC(C)C)NC=O. The quantitative estimate of drug-likeness (QED) is 0.0739. The second-order valence-electron chi connectivity index (χ2n) is 10.7. The third kappa shape index (κ3) is 17.7. The lowest BCUT2D eigenvalue weighted by Gasteiger charge is -2.26. The van der Waals surface area contributed by atoms with Crippen LogP contribution in [0.5, 0.6) is 0 Å². The zero-order valence-corrected chi connectivity index (χ0v) is 23.5. The smallest absolute Gasteiger partial charge is 0.328 e. The Bertz CT molecular complexity index is 568. The lowest BCUT2D eigenvalue weighted by atomic mass is 9.90. The number of rotatable bonds is 25. The van der Waals surface area contributed by atoms with Crippen molar-refractivity contribution >= 4 is 18.3 Å². The summed E-state index contributed by atoms with van der Waals surface area (Å²) in [4.78, 5) is 35.7. The van der Waals surface area contributed by atoms with Gasteiger partial charge in [-0.3, -0.25) is 9.59 Å². The van der Waals surface area contributed by atoms with Crippen molar-refractivity contribution in [2.24, 2.45) is 11.8 Å². The molecule has 3 N–H and O–H groups in total. The van der Waals surface area contributed by atoms with Gasteiger partial charge >= 0.3 is 11.9 Å². The molecule has 0 fully saturated rings. The van der Waals surface area contributed by atoms with E-state index in [4.69, 9.17) is 4.74 Å². The largest absolute Gasteiger partial charge is 0.481 e. The van der Waals surface area contributed by atoms with E-state index >= 15 is 0 Å². The van der Waals surface area contributed by atoms with Crippen molar-refractivity contribution < 1.29 is 29.3 Å². The van der Waals surface area contributed by atoms with Crippen molar-refractivity contribution in [3.8, 4) is 0 Å². The summed E-state index contributed by atoms with van der Waals surface area (Å²) in [6, 6.07) is -0.741. The summed E-state index contributed by atoms with van der Waals surface area (Å²) in [6.07, 6.45) is 14.7. The minimum Gasteiger partial charge on any atom is -0.481 e. The van der Waals surface area contributed by atoms with Gasteiger partial charge in [0.15, 0.2) is 0 Å². The number of ether oxygens (including phenoxy) is 1. The minimum atomic E-state index is -1.08. The number of hydrogen-bond donors (Lipinski definition) is 3. The van der Waals surface area contributed by atoms with Gasteiger partial charge in [-0.2, -0.15) is 0 Å². The van der Waals surface area contributed by atoms with Gasteiger partial charge in [-0.1, -0.05) is 105 Å². The molecule has 0 saturated heterocycles. The van der Waals surface area contributed by atoms with Crippen molar-refractivity contribution in [2.45, 2.75) is 155 Å². The van der Waals surface area contributed by atoms with Crippen LogP contribution in [0.15, 0.2) is 0 Å². The number of carbonyl (C=O) groups excluding carboxylic acids is 2. The summed E-state index contributed by atoms with van der Waals surface area (Å²) >= 11 is 0. The van der Waals surface area contributed by atoms with Crippen LogP contribution in [0.2, 0.25) is 0 Å². The molecule has 0 aliphatic carbocycles. The summed E-state index contributed by atoms with van der Waals surface area (Å²) in [5.41, 5.74) is 0. The number of carboxylic acids is 1. The van der Waals surface area contributed by atoms with Gasteiger partial charge in [0.25, 0.3) is 0 Å².